The first-order chi connectivity index (χ1) is 11.3. The summed E-state index contributed by atoms with van der Waals surface area (Å²) in [6.45, 7) is 3.35. The van der Waals surface area contributed by atoms with Gasteiger partial charge in [-0.05, 0) is 42.4 Å². The molecule has 2 aromatic rings. The lowest BCUT2D eigenvalue weighted by atomic mass is 9.77. The molecule has 0 N–H and O–H groups in total. The maximum absolute atomic E-state index is 5.80. The van der Waals surface area contributed by atoms with Gasteiger partial charge in [-0.2, -0.15) is 5.10 Å². The lowest BCUT2D eigenvalue weighted by molar-refractivity contribution is -0.00486. The van der Waals surface area contributed by atoms with Gasteiger partial charge >= 0.3 is 0 Å². The van der Waals surface area contributed by atoms with E-state index in [-0.39, 0.29) is 6.10 Å². The van der Waals surface area contributed by atoms with E-state index in [4.69, 9.17) is 4.74 Å². The molecule has 1 aliphatic heterocycles. The minimum Gasteiger partial charge on any atom is -0.379 e. The van der Waals surface area contributed by atoms with Crippen LogP contribution in [0.2, 0.25) is 0 Å². The molecule has 5 nitrogen and oxygen atoms in total. The molecule has 1 aliphatic carbocycles. The molecule has 4 atom stereocenters. The summed E-state index contributed by atoms with van der Waals surface area (Å²) < 4.78 is 7.89. The van der Waals surface area contributed by atoms with E-state index in [0.29, 0.717) is 6.04 Å². The number of rotatable bonds is 4. The van der Waals surface area contributed by atoms with Gasteiger partial charge in [-0.25, -0.2) is 0 Å². The highest BCUT2D eigenvalue weighted by atomic mass is 16.5. The van der Waals surface area contributed by atoms with Crippen LogP contribution in [0.5, 0.6) is 0 Å². The number of hydrogen-bond acceptors (Lipinski definition) is 4. The smallest absolute Gasteiger partial charge is 0.0798 e. The van der Waals surface area contributed by atoms with Gasteiger partial charge in [0.05, 0.1) is 12.1 Å². The number of pyridine rings is 1. The van der Waals surface area contributed by atoms with Crippen molar-refractivity contribution in [2.75, 3.05) is 20.2 Å². The van der Waals surface area contributed by atoms with Gasteiger partial charge in [0.15, 0.2) is 0 Å². The number of aromatic nitrogens is 3. The zero-order valence-corrected chi connectivity index (χ0v) is 13.6. The van der Waals surface area contributed by atoms with Crippen molar-refractivity contribution in [3.8, 4) is 0 Å². The zero-order valence-electron chi connectivity index (χ0n) is 13.6. The lowest BCUT2D eigenvalue weighted by Crippen LogP contribution is -2.37. The van der Waals surface area contributed by atoms with Gasteiger partial charge in [-0.15, -0.1) is 0 Å². The Morgan fingerprint density at radius 2 is 2.04 bits per heavy atom. The van der Waals surface area contributed by atoms with Gasteiger partial charge in [0.25, 0.3) is 0 Å². The highest BCUT2D eigenvalue weighted by Crippen LogP contribution is 2.42. The van der Waals surface area contributed by atoms with E-state index in [1.807, 2.05) is 37.8 Å². The SMILES string of the molecule is CO[C@H]1C[C@@H]2CN(Cc3cccnc3)C[C@@H]2C[C@@H]1n1cccn1. The van der Waals surface area contributed by atoms with Crippen LogP contribution in [0, 0.1) is 11.8 Å². The maximum atomic E-state index is 5.80. The minimum absolute atomic E-state index is 0.273. The molecule has 3 heterocycles. The summed E-state index contributed by atoms with van der Waals surface area (Å²) >= 11 is 0. The van der Waals surface area contributed by atoms with E-state index in [1.165, 1.54) is 18.7 Å². The van der Waals surface area contributed by atoms with Crippen LogP contribution >= 0.6 is 0 Å². The van der Waals surface area contributed by atoms with E-state index in [9.17, 15) is 0 Å². The summed E-state index contributed by atoms with van der Waals surface area (Å²) in [4.78, 5) is 6.80. The zero-order chi connectivity index (χ0) is 15.6. The van der Waals surface area contributed by atoms with Gasteiger partial charge in [0.2, 0.25) is 0 Å². The van der Waals surface area contributed by atoms with Gasteiger partial charge in [0, 0.05) is 51.5 Å². The van der Waals surface area contributed by atoms with Crippen LogP contribution in [0.25, 0.3) is 0 Å². The van der Waals surface area contributed by atoms with E-state index in [1.54, 1.807) is 0 Å². The van der Waals surface area contributed by atoms with Crippen molar-refractivity contribution < 1.29 is 4.74 Å². The third-order valence-electron chi connectivity index (χ3n) is 5.46. The molecular weight excluding hydrogens is 288 g/mol. The largest absolute Gasteiger partial charge is 0.379 e. The molecule has 0 bridgehead atoms. The van der Waals surface area contributed by atoms with Crippen LogP contribution in [-0.2, 0) is 11.3 Å². The van der Waals surface area contributed by atoms with Crippen molar-refractivity contribution in [3.05, 3.63) is 48.5 Å². The lowest BCUT2D eigenvalue weighted by Gasteiger charge is -2.37. The average molecular weight is 312 g/mol. The van der Waals surface area contributed by atoms with Crippen molar-refractivity contribution in [2.45, 2.75) is 31.5 Å². The summed E-state index contributed by atoms with van der Waals surface area (Å²) in [5.41, 5.74) is 1.30. The number of ether oxygens (including phenoxy) is 1. The van der Waals surface area contributed by atoms with E-state index in [2.05, 4.69) is 31.9 Å². The van der Waals surface area contributed by atoms with E-state index >= 15 is 0 Å². The molecule has 2 fully saturated rings. The Bertz CT molecular complexity index is 615. The molecule has 5 heteroatoms. The van der Waals surface area contributed by atoms with Gasteiger partial charge in [0.1, 0.15) is 0 Å². The number of likely N-dealkylation sites (tertiary alicyclic amines) is 1. The summed E-state index contributed by atoms with van der Waals surface area (Å²) in [5, 5.41) is 4.45. The molecule has 0 amide bonds. The normalized spacial score (nSPS) is 31.2. The molecule has 0 spiro atoms. The number of fused-ring (bicyclic) bond motifs is 1. The Hall–Kier alpha value is -1.72. The van der Waals surface area contributed by atoms with Crippen molar-refractivity contribution in [1.29, 1.82) is 0 Å². The molecule has 0 unspecified atom stereocenters. The topological polar surface area (TPSA) is 43.2 Å². The predicted octanol–water partition coefficient (Wildman–Crippen LogP) is 2.38. The predicted molar refractivity (Wildman–Crippen MR) is 87.8 cm³/mol. The van der Waals surface area contributed by atoms with Crippen LogP contribution < -0.4 is 0 Å². The molecule has 4 rings (SSSR count). The first-order valence-corrected chi connectivity index (χ1v) is 8.46. The Labute approximate surface area is 137 Å². The Morgan fingerprint density at radius 1 is 1.17 bits per heavy atom. The molecule has 1 saturated carbocycles. The van der Waals surface area contributed by atoms with Gasteiger partial charge < -0.3 is 4.74 Å². The van der Waals surface area contributed by atoms with Crippen molar-refractivity contribution >= 4 is 0 Å². The number of hydrogen-bond donors (Lipinski definition) is 0. The van der Waals surface area contributed by atoms with E-state index in [0.717, 1.165) is 31.2 Å². The fourth-order valence-electron chi connectivity index (χ4n) is 4.37. The highest BCUT2D eigenvalue weighted by molar-refractivity contribution is 5.09. The monoisotopic (exact) mass is 312 g/mol. The Balaban J connectivity index is 1.45. The molecular formula is C18H24N4O. The second-order valence-corrected chi connectivity index (χ2v) is 6.87. The minimum atomic E-state index is 0.273. The molecule has 1 saturated heterocycles. The highest BCUT2D eigenvalue weighted by Gasteiger charge is 2.43. The third-order valence-corrected chi connectivity index (χ3v) is 5.46. The summed E-state index contributed by atoms with van der Waals surface area (Å²) in [6.07, 6.45) is 10.3. The summed E-state index contributed by atoms with van der Waals surface area (Å²) in [6, 6.07) is 6.56. The first kappa shape index (κ1) is 14.8. The quantitative estimate of drug-likeness (QED) is 0.869. The van der Waals surface area contributed by atoms with Crippen molar-refractivity contribution in [2.24, 2.45) is 11.8 Å². The third kappa shape index (κ3) is 3.03. The van der Waals surface area contributed by atoms with Crippen LogP contribution in [0.4, 0.5) is 0 Å². The fourth-order valence-corrected chi connectivity index (χ4v) is 4.37. The van der Waals surface area contributed by atoms with E-state index < -0.39 is 0 Å². The molecule has 23 heavy (non-hydrogen) atoms. The summed E-state index contributed by atoms with van der Waals surface area (Å²) in [5.74, 6) is 1.48. The summed E-state index contributed by atoms with van der Waals surface area (Å²) in [7, 11) is 1.84. The maximum Gasteiger partial charge on any atom is 0.0798 e. The van der Waals surface area contributed by atoms with Crippen molar-refractivity contribution in [1.82, 2.24) is 19.7 Å². The Morgan fingerprint density at radius 3 is 2.74 bits per heavy atom. The standard InChI is InChI=1S/C18H24N4O/c1-23-18-9-16-13-21(11-14-4-2-5-19-10-14)12-15(16)8-17(18)22-7-3-6-20-22/h2-7,10,15-18H,8-9,11-13H2,1H3/t15-,16+,17-,18-/m0/s1. The molecule has 2 aliphatic rings. The second-order valence-electron chi connectivity index (χ2n) is 6.87. The van der Waals surface area contributed by atoms with Crippen LogP contribution in [0.15, 0.2) is 43.0 Å². The fraction of sp³-hybridized carbons (Fsp3) is 0.556. The molecule has 0 radical (unpaired) electrons. The van der Waals surface area contributed by atoms with Gasteiger partial charge in [-0.3, -0.25) is 14.6 Å². The Kier molecular flexibility index (Phi) is 4.14. The number of methoxy groups -OCH3 is 1. The first-order valence-electron chi connectivity index (χ1n) is 8.46. The van der Waals surface area contributed by atoms with Crippen molar-refractivity contribution in [3.63, 3.8) is 0 Å². The number of nitrogens with zero attached hydrogens (tertiary/aromatic N) is 4. The average Bonchev–Trinajstić information content (AvgIpc) is 3.23. The molecule has 122 valence electrons. The van der Waals surface area contributed by atoms with Crippen LogP contribution in [0.3, 0.4) is 0 Å². The van der Waals surface area contributed by atoms with Crippen LogP contribution in [-0.4, -0.2) is 46.0 Å². The molecule has 0 aromatic carbocycles. The second kappa shape index (κ2) is 6.42. The van der Waals surface area contributed by atoms with Crippen LogP contribution in [0.1, 0.15) is 24.4 Å². The molecule has 2 aromatic heterocycles. The van der Waals surface area contributed by atoms with Gasteiger partial charge in [-0.1, -0.05) is 6.07 Å².